The van der Waals surface area contributed by atoms with E-state index in [9.17, 15) is 19.5 Å². The van der Waals surface area contributed by atoms with Crippen LogP contribution in [-0.2, 0) is 16.1 Å². The van der Waals surface area contributed by atoms with Crippen LogP contribution in [0.4, 0.5) is 10.5 Å². The number of anilines is 1. The first-order chi connectivity index (χ1) is 22.9. The molecule has 4 fully saturated rings. The average molecular weight is 641 g/mol. The van der Waals surface area contributed by atoms with Crippen LogP contribution in [0.1, 0.15) is 56.9 Å². The van der Waals surface area contributed by atoms with Gasteiger partial charge in [0.15, 0.2) is 5.60 Å². The third kappa shape index (κ3) is 6.80. The highest BCUT2D eigenvalue weighted by Gasteiger charge is 2.47. The SMILES string of the molecule is O=C(O)N1CCN(C(=O)C2(Oc3cccc(N4CCC[C@H](C(=O)N(Cc5ccc(-c6cn[nH]c6)cc5)C5CC5)C4)c3)CCCC2)CC1. The van der Waals surface area contributed by atoms with Crippen molar-refractivity contribution in [1.29, 1.82) is 0 Å². The molecular formula is C36H44N6O5. The van der Waals surface area contributed by atoms with E-state index >= 15 is 0 Å². The largest absolute Gasteiger partial charge is 0.477 e. The summed E-state index contributed by atoms with van der Waals surface area (Å²) in [7, 11) is 0. The summed E-state index contributed by atoms with van der Waals surface area (Å²) in [6, 6.07) is 16.7. The molecule has 3 amide bonds. The van der Waals surface area contributed by atoms with Gasteiger partial charge in [-0.05, 0) is 74.6 Å². The molecule has 3 aromatic rings. The van der Waals surface area contributed by atoms with Gasteiger partial charge in [0.1, 0.15) is 5.75 Å². The number of carbonyl (C=O) groups is 3. The lowest BCUT2D eigenvalue weighted by Gasteiger charge is -2.39. The van der Waals surface area contributed by atoms with Crippen molar-refractivity contribution in [1.82, 2.24) is 24.9 Å². The second-order valence-electron chi connectivity index (χ2n) is 13.5. The molecule has 4 aliphatic rings. The summed E-state index contributed by atoms with van der Waals surface area (Å²) in [5.41, 5.74) is 3.36. The number of nitrogens with zero attached hydrogens (tertiary/aromatic N) is 5. The van der Waals surface area contributed by atoms with Crippen molar-refractivity contribution in [2.24, 2.45) is 5.92 Å². The lowest BCUT2D eigenvalue weighted by molar-refractivity contribution is -0.149. The molecule has 0 radical (unpaired) electrons. The quantitative estimate of drug-likeness (QED) is 0.338. The normalized spacial score (nSPS) is 21.0. The van der Waals surface area contributed by atoms with Crippen LogP contribution in [0.5, 0.6) is 5.75 Å². The third-order valence-electron chi connectivity index (χ3n) is 10.3. The first kappa shape index (κ1) is 31.1. The number of ether oxygens (including phenoxy) is 1. The Hall–Kier alpha value is -4.54. The minimum Gasteiger partial charge on any atom is -0.477 e. The van der Waals surface area contributed by atoms with Gasteiger partial charge in [-0.2, -0.15) is 5.10 Å². The highest BCUT2D eigenvalue weighted by atomic mass is 16.5. The van der Waals surface area contributed by atoms with E-state index < -0.39 is 11.7 Å². The van der Waals surface area contributed by atoms with Gasteiger partial charge in [0.25, 0.3) is 5.91 Å². The number of piperazine rings is 1. The van der Waals surface area contributed by atoms with E-state index in [1.54, 1.807) is 4.90 Å². The number of carbonyl (C=O) groups excluding carboxylic acids is 2. The lowest BCUT2D eigenvalue weighted by atomic mass is 9.95. The molecule has 248 valence electrons. The van der Waals surface area contributed by atoms with Crippen LogP contribution in [0, 0.1) is 5.92 Å². The number of aromatic amines is 1. The van der Waals surface area contributed by atoms with Gasteiger partial charge in [-0.1, -0.05) is 30.3 Å². The summed E-state index contributed by atoms with van der Waals surface area (Å²) in [6.45, 7) is 3.54. The number of H-pyrrole nitrogens is 1. The van der Waals surface area contributed by atoms with Gasteiger partial charge in [-0.3, -0.25) is 14.7 Å². The third-order valence-corrected chi connectivity index (χ3v) is 10.3. The Kier molecular flexibility index (Phi) is 8.79. The smallest absolute Gasteiger partial charge is 0.407 e. The molecule has 11 heteroatoms. The number of amides is 3. The second-order valence-corrected chi connectivity index (χ2v) is 13.5. The molecule has 0 unspecified atom stereocenters. The van der Waals surface area contributed by atoms with Gasteiger partial charge in [0.2, 0.25) is 5.91 Å². The van der Waals surface area contributed by atoms with Crippen LogP contribution in [0.25, 0.3) is 11.1 Å². The number of aromatic nitrogens is 2. The highest BCUT2D eigenvalue weighted by Crippen LogP contribution is 2.38. The van der Waals surface area contributed by atoms with E-state index in [4.69, 9.17) is 4.74 Å². The zero-order valence-corrected chi connectivity index (χ0v) is 26.9. The van der Waals surface area contributed by atoms with E-state index in [0.717, 1.165) is 67.4 Å². The Morgan fingerprint density at radius 3 is 2.34 bits per heavy atom. The fourth-order valence-electron chi connectivity index (χ4n) is 7.49. The minimum atomic E-state index is -0.945. The standard InChI is InChI=1S/C36H44N6O5/c43-33(42(30-12-13-30)24-26-8-10-27(11-9-26)29-22-37-38-23-29)28-5-4-16-41(25-28)31-6-3-7-32(21-31)47-36(14-1-2-15-36)34(44)39-17-19-40(20-18-39)35(45)46/h3,6-11,21-23,28,30H,1-2,4-5,12-20,24-25H2,(H,37,38)(H,45,46)/t28-/m0/s1. The Morgan fingerprint density at radius 1 is 0.915 bits per heavy atom. The number of nitrogens with one attached hydrogen (secondary N) is 1. The predicted octanol–water partition coefficient (Wildman–Crippen LogP) is 5.00. The topological polar surface area (TPSA) is 122 Å². The molecular weight excluding hydrogens is 596 g/mol. The Bertz CT molecular complexity index is 1560. The predicted molar refractivity (Wildman–Crippen MR) is 177 cm³/mol. The molecule has 1 aromatic heterocycles. The number of hydrogen-bond acceptors (Lipinski definition) is 6. The molecule has 2 aromatic carbocycles. The maximum Gasteiger partial charge on any atom is 0.407 e. The number of hydrogen-bond donors (Lipinski definition) is 2. The second kappa shape index (κ2) is 13.3. The van der Waals surface area contributed by atoms with Crippen LogP contribution < -0.4 is 9.64 Å². The molecule has 1 atom stereocenters. The van der Waals surface area contributed by atoms with Gasteiger partial charge >= 0.3 is 6.09 Å². The summed E-state index contributed by atoms with van der Waals surface area (Å²) >= 11 is 0. The zero-order valence-electron chi connectivity index (χ0n) is 26.9. The van der Waals surface area contributed by atoms with Gasteiger partial charge in [-0.15, -0.1) is 0 Å². The van der Waals surface area contributed by atoms with Crippen LogP contribution in [-0.4, -0.2) is 98.8 Å². The minimum absolute atomic E-state index is 0.0367. The fourth-order valence-corrected chi connectivity index (χ4v) is 7.49. The van der Waals surface area contributed by atoms with Gasteiger partial charge in [-0.25, -0.2) is 4.79 Å². The first-order valence-corrected chi connectivity index (χ1v) is 17.1. The van der Waals surface area contributed by atoms with Crippen molar-refractivity contribution < 1.29 is 24.2 Å². The van der Waals surface area contributed by atoms with Crippen molar-refractivity contribution in [3.63, 3.8) is 0 Å². The molecule has 3 heterocycles. The molecule has 2 aliphatic heterocycles. The van der Waals surface area contributed by atoms with Gasteiger partial charge in [0.05, 0.1) is 12.1 Å². The Labute approximate surface area is 275 Å². The fraction of sp³-hybridized carbons (Fsp3) is 0.500. The van der Waals surface area contributed by atoms with E-state index in [1.807, 2.05) is 30.6 Å². The molecule has 7 rings (SSSR count). The molecule has 0 bridgehead atoms. The lowest BCUT2D eigenvalue weighted by Crippen LogP contribution is -2.57. The summed E-state index contributed by atoms with van der Waals surface area (Å²) in [5, 5.41) is 16.2. The van der Waals surface area contributed by atoms with Gasteiger partial charge in [0, 0.05) is 75.4 Å². The molecule has 2 N–H and O–H groups in total. The Morgan fingerprint density at radius 2 is 1.66 bits per heavy atom. The van der Waals surface area contributed by atoms with E-state index in [1.165, 1.54) is 4.90 Å². The van der Waals surface area contributed by atoms with E-state index in [2.05, 4.69) is 50.3 Å². The number of carboxylic acid groups (broad SMARTS) is 1. The van der Waals surface area contributed by atoms with Gasteiger partial charge < -0.3 is 29.4 Å². The Balaban J connectivity index is 1.01. The maximum atomic E-state index is 14.0. The van der Waals surface area contributed by atoms with Crippen molar-refractivity contribution in [2.45, 2.75) is 69.6 Å². The molecule has 47 heavy (non-hydrogen) atoms. The molecule has 2 aliphatic carbocycles. The average Bonchev–Trinajstić information content (AvgIpc) is 3.57. The number of piperidine rings is 1. The van der Waals surface area contributed by atoms with E-state index in [-0.39, 0.29) is 17.7 Å². The zero-order chi connectivity index (χ0) is 32.4. The summed E-state index contributed by atoms with van der Waals surface area (Å²) in [6.07, 6.45) is 9.82. The maximum absolute atomic E-state index is 14.0. The summed E-state index contributed by atoms with van der Waals surface area (Å²) in [4.78, 5) is 46.7. The van der Waals surface area contributed by atoms with Crippen molar-refractivity contribution in [3.8, 4) is 16.9 Å². The summed E-state index contributed by atoms with van der Waals surface area (Å²) in [5.74, 6) is 0.785. The summed E-state index contributed by atoms with van der Waals surface area (Å²) < 4.78 is 6.61. The number of rotatable bonds is 9. The highest BCUT2D eigenvalue weighted by molar-refractivity contribution is 5.86. The van der Waals surface area contributed by atoms with Crippen LogP contribution in [0.2, 0.25) is 0 Å². The molecule has 11 nitrogen and oxygen atoms in total. The molecule has 0 spiro atoms. The van der Waals surface area contributed by atoms with Crippen LogP contribution >= 0.6 is 0 Å². The van der Waals surface area contributed by atoms with E-state index in [0.29, 0.717) is 63.9 Å². The first-order valence-electron chi connectivity index (χ1n) is 17.1. The monoisotopic (exact) mass is 640 g/mol. The van der Waals surface area contributed by atoms with Crippen LogP contribution in [0.15, 0.2) is 60.9 Å². The molecule has 2 saturated heterocycles. The van der Waals surface area contributed by atoms with Crippen molar-refractivity contribution in [3.05, 3.63) is 66.5 Å². The van der Waals surface area contributed by atoms with Crippen molar-refractivity contribution in [2.75, 3.05) is 44.2 Å². The number of benzene rings is 2. The van der Waals surface area contributed by atoms with Crippen molar-refractivity contribution >= 4 is 23.6 Å². The van der Waals surface area contributed by atoms with Crippen LogP contribution in [0.3, 0.4) is 0 Å². The molecule has 2 saturated carbocycles.